The Morgan fingerprint density at radius 1 is 0.815 bits per heavy atom. The summed E-state index contributed by atoms with van der Waals surface area (Å²) in [4.78, 5) is 83.1. The van der Waals surface area contributed by atoms with Crippen molar-refractivity contribution < 1.29 is 48.1 Å². The molecule has 0 aliphatic carbocycles. The number of anilines is 1. The number of ether oxygens (including phenoxy) is 3. The largest absolute Gasteiger partial charge is 0.465 e. The van der Waals surface area contributed by atoms with Gasteiger partial charge in [-0.05, 0) is 53.5 Å². The molecule has 16 nitrogen and oxygen atoms in total. The van der Waals surface area contributed by atoms with E-state index in [4.69, 9.17) is 14.2 Å². The van der Waals surface area contributed by atoms with Gasteiger partial charge in [0, 0.05) is 46.5 Å². The number of likely N-dealkylation sites (N-methyl/N-ethyl adjacent to an activating group) is 1. The van der Waals surface area contributed by atoms with E-state index >= 15 is 0 Å². The molecule has 0 bridgehead atoms. The zero-order valence-corrected chi connectivity index (χ0v) is 39.0. The van der Waals surface area contributed by atoms with E-state index in [1.807, 2.05) is 74.5 Å². The number of carbonyl (C=O) groups excluding carboxylic acids is 5. The van der Waals surface area contributed by atoms with Gasteiger partial charge in [0.25, 0.3) is 0 Å². The summed E-state index contributed by atoms with van der Waals surface area (Å²) in [5, 5.41) is 20.4. The second-order valence-corrected chi connectivity index (χ2v) is 17.1. The molecular formula is C49H68N6O10. The first kappa shape index (κ1) is 51.6. The number of benzene rings is 3. The number of hydrogen-bond acceptors (Lipinski definition) is 9. The van der Waals surface area contributed by atoms with Crippen LogP contribution in [0.25, 0.3) is 0 Å². The predicted molar refractivity (Wildman–Crippen MR) is 247 cm³/mol. The molecule has 8 atom stereocenters. The van der Waals surface area contributed by atoms with Gasteiger partial charge in [-0.2, -0.15) is 0 Å². The maximum absolute atomic E-state index is 14.3. The van der Waals surface area contributed by atoms with Crippen molar-refractivity contribution in [3.8, 4) is 0 Å². The summed E-state index contributed by atoms with van der Waals surface area (Å²) < 4.78 is 17.2. The SMILES string of the molecule is CC[C@H](C)[C@@H]([C@@H](CC(=O)N1CCCC1[C@H](OC)[C@@H](C)C(=O)NC(Cc1ccccc1)C(=O)Nc1ccc(CNC(=O)OCc2ccccc2)cc1)OC)N(C)C(=O)C(NC(=O)O)C(C)C. The fraction of sp³-hybridized carbons (Fsp3) is 0.510. The Labute approximate surface area is 383 Å². The lowest BCUT2D eigenvalue weighted by Gasteiger charge is -2.40. The van der Waals surface area contributed by atoms with Gasteiger partial charge >= 0.3 is 12.2 Å². The third kappa shape index (κ3) is 15.0. The molecule has 6 amide bonds. The maximum atomic E-state index is 14.3. The smallest absolute Gasteiger partial charge is 0.407 e. The number of nitrogens with zero attached hydrogens (tertiary/aromatic N) is 2. The Morgan fingerprint density at radius 2 is 1.45 bits per heavy atom. The first-order valence-electron chi connectivity index (χ1n) is 22.4. The van der Waals surface area contributed by atoms with Crippen molar-refractivity contribution in [1.82, 2.24) is 25.8 Å². The first-order valence-corrected chi connectivity index (χ1v) is 22.4. The van der Waals surface area contributed by atoms with E-state index in [2.05, 4.69) is 21.3 Å². The number of likely N-dealkylation sites (tertiary alicyclic amines) is 1. The highest BCUT2D eigenvalue weighted by molar-refractivity contribution is 5.97. The second-order valence-electron chi connectivity index (χ2n) is 17.1. The highest BCUT2D eigenvalue weighted by Crippen LogP contribution is 2.30. The average Bonchev–Trinajstić information content (AvgIpc) is 3.79. The summed E-state index contributed by atoms with van der Waals surface area (Å²) in [7, 11) is 4.62. The third-order valence-electron chi connectivity index (χ3n) is 12.3. The van der Waals surface area contributed by atoms with Gasteiger partial charge in [0.2, 0.25) is 23.6 Å². The van der Waals surface area contributed by atoms with Gasteiger partial charge in [0.15, 0.2) is 0 Å². The van der Waals surface area contributed by atoms with Crippen LogP contribution in [0.2, 0.25) is 0 Å². The normalized spacial score (nSPS) is 16.8. The molecule has 354 valence electrons. The quantitative estimate of drug-likeness (QED) is 0.0752. The molecule has 65 heavy (non-hydrogen) atoms. The minimum Gasteiger partial charge on any atom is -0.465 e. The minimum absolute atomic E-state index is 0.0621. The summed E-state index contributed by atoms with van der Waals surface area (Å²) in [6, 6.07) is 22.7. The summed E-state index contributed by atoms with van der Waals surface area (Å²) in [6.07, 6.45) is -1.22. The van der Waals surface area contributed by atoms with E-state index in [1.165, 1.54) is 19.1 Å². The van der Waals surface area contributed by atoms with Crippen LogP contribution in [0.5, 0.6) is 0 Å². The molecule has 0 aromatic heterocycles. The Balaban J connectivity index is 1.43. The van der Waals surface area contributed by atoms with Crippen LogP contribution < -0.4 is 21.3 Å². The van der Waals surface area contributed by atoms with Gasteiger partial charge in [-0.1, -0.05) is 114 Å². The number of amides is 6. The zero-order valence-electron chi connectivity index (χ0n) is 39.0. The first-order chi connectivity index (χ1) is 31.1. The molecule has 3 unspecified atom stereocenters. The van der Waals surface area contributed by atoms with E-state index in [9.17, 15) is 33.9 Å². The number of nitrogens with one attached hydrogen (secondary N) is 4. The molecule has 16 heteroatoms. The number of rotatable bonds is 23. The fourth-order valence-corrected chi connectivity index (χ4v) is 8.42. The highest BCUT2D eigenvalue weighted by atomic mass is 16.5. The Bertz CT molecular complexity index is 2000. The molecule has 0 saturated carbocycles. The van der Waals surface area contributed by atoms with Gasteiger partial charge in [0.1, 0.15) is 18.7 Å². The van der Waals surface area contributed by atoms with Crippen molar-refractivity contribution in [1.29, 1.82) is 0 Å². The second kappa shape index (κ2) is 25.5. The summed E-state index contributed by atoms with van der Waals surface area (Å²) in [5.74, 6) is -2.69. The summed E-state index contributed by atoms with van der Waals surface area (Å²) in [5.41, 5.74) is 3.00. The Kier molecular flexibility index (Phi) is 20.2. The topological polar surface area (TPSA) is 205 Å². The third-order valence-corrected chi connectivity index (χ3v) is 12.3. The molecule has 5 N–H and O–H groups in total. The van der Waals surface area contributed by atoms with Crippen molar-refractivity contribution in [3.05, 3.63) is 102 Å². The highest BCUT2D eigenvalue weighted by Gasteiger charge is 2.43. The van der Waals surface area contributed by atoms with Crippen LogP contribution in [-0.4, -0.2) is 115 Å². The molecule has 1 heterocycles. The molecule has 0 spiro atoms. The maximum Gasteiger partial charge on any atom is 0.407 e. The number of carboxylic acid groups (broad SMARTS) is 1. The van der Waals surface area contributed by atoms with Crippen LogP contribution in [0, 0.1) is 17.8 Å². The Hall–Kier alpha value is -6.00. The Morgan fingerprint density at radius 3 is 2.02 bits per heavy atom. The summed E-state index contributed by atoms with van der Waals surface area (Å²) >= 11 is 0. The fourth-order valence-electron chi connectivity index (χ4n) is 8.42. The molecule has 0 radical (unpaired) electrons. The number of hydrogen-bond donors (Lipinski definition) is 5. The lowest BCUT2D eigenvalue weighted by Crippen LogP contribution is -2.57. The molecule has 1 aliphatic heterocycles. The van der Waals surface area contributed by atoms with Crippen LogP contribution >= 0.6 is 0 Å². The van der Waals surface area contributed by atoms with E-state index in [0.29, 0.717) is 31.5 Å². The molecule has 4 rings (SSSR count). The van der Waals surface area contributed by atoms with E-state index < -0.39 is 72.2 Å². The van der Waals surface area contributed by atoms with Crippen molar-refractivity contribution in [2.24, 2.45) is 17.8 Å². The van der Waals surface area contributed by atoms with Gasteiger partial charge < -0.3 is 50.4 Å². The predicted octanol–water partition coefficient (Wildman–Crippen LogP) is 5.99. The lowest BCUT2D eigenvalue weighted by molar-refractivity contribution is -0.147. The van der Waals surface area contributed by atoms with Crippen molar-refractivity contribution in [2.75, 3.05) is 33.1 Å². The molecule has 1 saturated heterocycles. The lowest BCUT2D eigenvalue weighted by atomic mass is 9.89. The zero-order chi connectivity index (χ0) is 47.6. The van der Waals surface area contributed by atoms with E-state index in [0.717, 1.165) is 16.7 Å². The van der Waals surface area contributed by atoms with Crippen molar-refractivity contribution in [2.45, 2.75) is 116 Å². The molecule has 1 fully saturated rings. The van der Waals surface area contributed by atoms with Gasteiger partial charge in [-0.3, -0.25) is 19.2 Å². The van der Waals surface area contributed by atoms with Crippen molar-refractivity contribution in [3.63, 3.8) is 0 Å². The van der Waals surface area contributed by atoms with Gasteiger partial charge in [-0.25, -0.2) is 9.59 Å². The monoisotopic (exact) mass is 900 g/mol. The standard InChI is InChI=1S/C49H68N6O10/c1-9-32(4)43(54(6)47(59)42(31(2)3)53-48(60)61)40(63-7)28-41(56)55-26-16-21-39(55)44(64-8)33(5)45(57)52-38(27-34-17-12-10-13-18-34)46(58)51-37-24-22-35(23-25-37)29-50-49(62)65-30-36-19-14-11-15-20-36/h10-15,17-20,22-25,31-33,38-40,42-44,53H,9,16,21,26-30H2,1-8H3,(H,50,62)(H,51,58)(H,52,57)(H,60,61)/t32-,33+,38?,39?,40+,42?,43-,44+/m0/s1. The van der Waals surface area contributed by atoms with E-state index in [1.54, 1.807) is 57.0 Å². The molecule has 3 aromatic rings. The van der Waals surface area contributed by atoms with Crippen LogP contribution in [0.4, 0.5) is 15.3 Å². The average molecular weight is 901 g/mol. The molecule has 3 aromatic carbocycles. The molecule has 1 aliphatic rings. The minimum atomic E-state index is -1.30. The number of carbonyl (C=O) groups is 6. The van der Waals surface area contributed by atoms with Crippen LogP contribution in [0.15, 0.2) is 84.9 Å². The van der Waals surface area contributed by atoms with Crippen LogP contribution in [0.1, 0.15) is 77.0 Å². The van der Waals surface area contributed by atoms with Crippen molar-refractivity contribution >= 4 is 41.5 Å². The van der Waals surface area contributed by atoms with Crippen LogP contribution in [0.3, 0.4) is 0 Å². The molecular weight excluding hydrogens is 833 g/mol. The van der Waals surface area contributed by atoms with E-state index in [-0.39, 0.29) is 43.7 Å². The van der Waals surface area contributed by atoms with Gasteiger partial charge in [-0.15, -0.1) is 0 Å². The van der Waals surface area contributed by atoms with Crippen LogP contribution in [-0.2, 0) is 53.0 Å². The number of methoxy groups -OCH3 is 2. The van der Waals surface area contributed by atoms with Gasteiger partial charge in [0.05, 0.1) is 36.6 Å². The summed E-state index contributed by atoms with van der Waals surface area (Å²) in [6.45, 7) is 9.99. The number of alkyl carbamates (subject to hydrolysis) is 1.